The first kappa shape index (κ1) is 16.6. The molecule has 0 unspecified atom stereocenters. The second-order valence-corrected chi connectivity index (χ2v) is 17.3. The van der Waals surface area contributed by atoms with Crippen LogP contribution in [0.15, 0.2) is 13.5 Å². The first-order valence-electron chi connectivity index (χ1n) is 6.54. The van der Waals surface area contributed by atoms with Gasteiger partial charge < -0.3 is 0 Å². The third-order valence-corrected chi connectivity index (χ3v) is 17.3. The third-order valence-electron chi connectivity index (χ3n) is 3.56. The molecule has 0 aromatic heterocycles. The maximum absolute atomic E-state index is 6.75. The van der Waals surface area contributed by atoms with Crippen molar-refractivity contribution in [1.82, 2.24) is 9.34 Å². The summed E-state index contributed by atoms with van der Waals surface area (Å²) in [6, 6.07) is 0. The normalized spacial score (nSPS) is 42.0. The maximum atomic E-state index is 6.75. The van der Waals surface area contributed by atoms with E-state index in [0.717, 1.165) is 51.9 Å². The van der Waals surface area contributed by atoms with E-state index in [0.29, 0.717) is 0 Å². The van der Waals surface area contributed by atoms with E-state index in [4.69, 9.17) is 49.5 Å². The highest BCUT2D eigenvalue weighted by Gasteiger charge is 2.41. The standard InChI is InChI=1S/C8H16Cl4N5P3/c9-18(10)13-19(11,16-5-1-2-6-16)15-20(12,14-18)17-7-3-4-8-17/h1-8H2/t19-,20-/m1/s1. The van der Waals surface area contributed by atoms with Crippen molar-refractivity contribution < 1.29 is 0 Å². The fourth-order valence-corrected chi connectivity index (χ4v) is 20.1. The van der Waals surface area contributed by atoms with Crippen LogP contribution in [0.1, 0.15) is 25.7 Å². The fourth-order valence-electron chi connectivity index (χ4n) is 2.61. The summed E-state index contributed by atoms with van der Waals surface area (Å²) < 4.78 is 17.8. The molecular weight excluding hydrogens is 401 g/mol. The molecule has 0 aliphatic carbocycles. The molecule has 20 heavy (non-hydrogen) atoms. The van der Waals surface area contributed by atoms with Crippen molar-refractivity contribution in [3.8, 4) is 0 Å². The SMILES string of the molecule is ClP1(Cl)=N[P@@](Cl)(N2CCCC2)=N[P@](Cl)(N2CCCC2)=N1. The van der Waals surface area contributed by atoms with Crippen LogP contribution in [0.5, 0.6) is 0 Å². The minimum Gasteiger partial charge on any atom is -0.240 e. The van der Waals surface area contributed by atoms with Gasteiger partial charge in [-0.25, -0.2) is 9.34 Å². The van der Waals surface area contributed by atoms with Gasteiger partial charge in [-0.05, 0) is 70.6 Å². The molecule has 5 nitrogen and oxygen atoms in total. The van der Waals surface area contributed by atoms with Crippen molar-refractivity contribution in [3.05, 3.63) is 0 Å². The summed E-state index contributed by atoms with van der Waals surface area (Å²) >= 11 is 26.1. The average Bonchev–Trinajstić information content (AvgIpc) is 3.01. The Labute approximate surface area is 138 Å². The van der Waals surface area contributed by atoms with E-state index >= 15 is 0 Å². The molecule has 0 saturated carbocycles. The molecule has 0 bridgehead atoms. The van der Waals surface area contributed by atoms with E-state index in [1.165, 1.54) is 0 Å². The largest absolute Gasteiger partial charge is 0.257 e. The topological polar surface area (TPSA) is 43.6 Å². The fraction of sp³-hybridized carbons (Fsp3) is 1.00. The highest BCUT2D eigenvalue weighted by atomic mass is 35.9. The van der Waals surface area contributed by atoms with Gasteiger partial charge in [-0.3, -0.25) is 0 Å². The molecule has 116 valence electrons. The van der Waals surface area contributed by atoms with Crippen molar-refractivity contribution in [2.45, 2.75) is 25.7 Å². The lowest BCUT2D eigenvalue weighted by atomic mass is 10.4. The molecule has 0 amide bonds. The summed E-state index contributed by atoms with van der Waals surface area (Å²) in [5.41, 5.74) is 0. The summed E-state index contributed by atoms with van der Waals surface area (Å²) in [6.07, 6.45) is 4.41. The molecule has 2 saturated heterocycles. The van der Waals surface area contributed by atoms with Gasteiger partial charge in [-0.1, -0.05) is 0 Å². The summed E-state index contributed by atoms with van der Waals surface area (Å²) in [5, 5.41) is 0. The van der Waals surface area contributed by atoms with E-state index in [1.807, 2.05) is 0 Å². The number of hydrogen-bond donors (Lipinski definition) is 0. The van der Waals surface area contributed by atoms with Crippen LogP contribution in [-0.2, 0) is 0 Å². The van der Waals surface area contributed by atoms with Gasteiger partial charge in [-0.15, -0.1) is 0 Å². The molecule has 3 aliphatic rings. The third kappa shape index (κ3) is 3.32. The molecule has 3 heterocycles. The van der Waals surface area contributed by atoms with Gasteiger partial charge in [0.2, 0.25) is 13.4 Å². The van der Waals surface area contributed by atoms with Gasteiger partial charge in [0.05, 0.1) is 0 Å². The van der Waals surface area contributed by atoms with Crippen LogP contribution in [0.4, 0.5) is 0 Å². The Morgan fingerprint density at radius 2 is 1.00 bits per heavy atom. The first-order chi connectivity index (χ1) is 9.33. The Bertz CT molecular complexity index is 539. The lowest BCUT2D eigenvalue weighted by Crippen LogP contribution is -2.15. The van der Waals surface area contributed by atoms with E-state index in [9.17, 15) is 0 Å². The Kier molecular flexibility index (Phi) is 4.99. The van der Waals surface area contributed by atoms with Crippen molar-refractivity contribution >= 4 is 64.3 Å². The second kappa shape index (κ2) is 6.00. The Hall–Kier alpha value is 1.77. The molecule has 0 aromatic rings. The monoisotopic (exact) mass is 415 g/mol. The van der Waals surface area contributed by atoms with E-state index < -0.39 is 19.3 Å². The van der Waals surface area contributed by atoms with Crippen molar-refractivity contribution in [3.63, 3.8) is 0 Å². The summed E-state index contributed by atoms with van der Waals surface area (Å²) in [5.74, 6) is -2.83. The van der Waals surface area contributed by atoms with Crippen LogP contribution in [0.25, 0.3) is 0 Å². The molecule has 0 radical (unpaired) electrons. The Morgan fingerprint density at radius 3 is 1.45 bits per heavy atom. The number of halogens is 4. The molecular formula is C8H16Cl4N5P3. The number of hydrogen-bond acceptors (Lipinski definition) is 5. The Morgan fingerprint density at radius 1 is 0.600 bits per heavy atom. The van der Waals surface area contributed by atoms with Crippen molar-refractivity contribution in [2.75, 3.05) is 26.2 Å². The zero-order chi connectivity index (χ0) is 14.4. The zero-order valence-corrected chi connectivity index (χ0v) is 16.5. The predicted octanol–water partition coefficient (Wildman–Crippen LogP) is 6.99. The van der Waals surface area contributed by atoms with Gasteiger partial charge >= 0.3 is 0 Å². The molecule has 0 aromatic carbocycles. The number of nitrogens with zero attached hydrogens (tertiary/aromatic N) is 5. The van der Waals surface area contributed by atoms with Gasteiger partial charge in [0, 0.05) is 26.2 Å². The number of rotatable bonds is 2. The molecule has 0 spiro atoms. The summed E-state index contributed by atoms with van der Waals surface area (Å²) in [7, 11) is 0. The average molecular weight is 417 g/mol. The van der Waals surface area contributed by atoms with Crippen LogP contribution in [0, 0.1) is 0 Å². The highest BCUT2D eigenvalue weighted by molar-refractivity contribution is 8.17. The van der Waals surface area contributed by atoms with Crippen molar-refractivity contribution in [2.24, 2.45) is 13.5 Å². The van der Waals surface area contributed by atoms with E-state index in [-0.39, 0.29) is 0 Å². The second-order valence-electron chi connectivity index (χ2n) is 5.04. The summed E-state index contributed by atoms with van der Waals surface area (Å²) in [4.78, 5) is 0. The van der Waals surface area contributed by atoms with Crippen LogP contribution in [0.2, 0.25) is 0 Å². The van der Waals surface area contributed by atoms with E-state index in [1.54, 1.807) is 0 Å². The molecule has 2 atom stereocenters. The minimum atomic E-state index is -2.83. The highest BCUT2D eigenvalue weighted by Crippen LogP contribution is 2.86. The molecule has 0 N–H and O–H groups in total. The van der Waals surface area contributed by atoms with Gasteiger partial charge in [0.25, 0.3) is 5.91 Å². The van der Waals surface area contributed by atoms with Crippen LogP contribution in [0.3, 0.4) is 0 Å². The lowest BCUT2D eigenvalue weighted by molar-refractivity contribution is 0.559. The quantitative estimate of drug-likeness (QED) is 0.455. The zero-order valence-electron chi connectivity index (χ0n) is 10.7. The maximum Gasteiger partial charge on any atom is 0.257 e. The lowest BCUT2D eigenvalue weighted by Gasteiger charge is -2.33. The van der Waals surface area contributed by atoms with Crippen LogP contribution in [-0.4, -0.2) is 35.5 Å². The molecule has 2 fully saturated rings. The Balaban J connectivity index is 2.09. The molecule has 3 aliphatic heterocycles. The molecule has 12 heteroatoms. The molecule has 3 rings (SSSR count). The predicted molar refractivity (Wildman–Crippen MR) is 93.1 cm³/mol. The first-order valence-corrected chi connectivity index (χ1v) is 15.2. The van der Waals surface area contributed by atoms with Gasteiger partial charge in [0.1, 0.15) is 0 Å². The minimum absolute atomic E-state index is 0.884. The van der Waals surface area contributed by atoms with E-state index in [2.05, 4.69) is 18.4 Å². The van der Waals surface area contributed by atoms with Crippen LogP contribution < -0.4 is 0 Å². The van der Waals surface area contributed by atoms with Gasteiger partial charge in [-0.2, -0.15) is 13.5 Å². The van der Waals surface area contributed by atoms with Crippen LogP contribution >= 0.6 is 64.3 Å². The smallest absolute Gasteiger partial charge is 0.240 e. The van der Waals surface area contributed by atoms with Gasteiger partial charge in [0.15, 0.2) is 0 Å². The van der Waals surface area contributed by atoms with Crippen molar-refractivity contribution in [1.29, 1.82) is 0 Å². The summed E-state index contributed by atoms with van der Waals surface area (Å²) in [6.45, 7) is -1.63.